The fourth-order valence-corrected chi connectivity index (χ4v) is 2.60. The molecule has 2 nitrogen and oxygen atoms in total. The summed E-state index contributed by atoms with van der Waals surface area (Å²) in [5.41, 5.74) is 1.25. The molecule has 2 rings (SSSR count). The minimum atomic E-state index is 0.878. The molecule has 16 heavy (non-hydrogen) atoms. The summed E-state index contributed by atoms with van der Waals surface area (Å²) in [5, 5.41) is 3.46. The van der Waals surface area contributed by atoms with Crippen molar-refractivity contribution in [3.8, 4) is 0 Å². The highest BCUT2D eigenvalue weighted by Gasteiger charge is 2.13. The molecular formula is C14H23NO. The molecule has 0 aromatic carbocycles. The van der Waals surface area contributed by atoms with Crippen LogP contribution >= 0.6 is 0 Å². The van der Waals surface area contributed by atoms with Gasteiger partial charge in [-0.3, -0.25) is 0 Å². The lowest BCUT2D eigenvalue weighted by molar-refractivity contribution is 0.448. The van der Waals surface area contributed by atoms with E-state index >= 15 is 0 Å². The van der Waals surface area contributed by atoms with Gasteiger partial charge in [-0.05, 0) is 43.9 Å². The molecule has 1 aliphatic rings. The first-order valence-electron chi connectivity index (χ1n) is 6.60. The second kappa shape index (κ2) is 6.09. The van der Waals surface area contributed by atoms with E-state index in [4.69, 9.17) is 4.42 Å². The molecule has 1 aliphatic carbocycles. The summed E-state index contributed by atoms with van der Waals surface area (Å²) < 4.78 is 5.38. The molecule has 1 fully saturated rings. The summed E-state index contributed by atoms with van der Waals surface area (Å²) in [6.07, 6.45) is 10.3. The topological polar surface area (TPSA) is 25.2 Å². The predicted octanol–water partition coefficient (Wildman–Crippen LogP) is 3.65. The Kier molecular flexibility index (Phi) is 4.46. The van der Waals surface area contributed by atoms with Gasteiger partial charge in [0, 0.05) is 0 Å². The Bertz CT molecular complexity index is 299. The van der Waals surface area contributed by atoms with E-state index in [1.54, 1.807) is 6.26 Å². The fraction of sp³-hybridized carbons (Fsp3) is 0.714. The Morgan fingerprint density at radius 2 is 2.19 bits per heavy atom. The van der Waals surface area contributed by atoms with Crippen molar-refractivity contribution in [2.45, 2.75) is 52.0 Å². The van der Waals surface area contributed by atoms with Gasteiger partial charge in [0.25, 0.3) is 0 Å². The zero-order valence-corrected chi connectivity index (χ0v) is 10.3. The lowest BCUT2D eigenvalue weighted by atomic mass is 10.0. The first-order chi connectivity index (χ1) is 7.86. The zero-order chi connectivity index (χ0) is 11.2. The van der Waals surface area contributed by atoms with Gasteiger partial charge in [0.2, 0.25) is 0 Å². The molecule has 1 N–H and O–H groups in total. The summed E-state index contributed by atoms with van der Waals surface area (Å²) >= 11 is 0. The van der Waals surface area contributed by atoms with Crippen LogP contribution in [0.5, 0.6) is 0 Å². The van der Waals surface area contributed by atoms with Crippen molar-refractivity contribution >= 4 is 0 Å². The van der Waals surface area contributed by atoms with E-state index < -0.39 is 0 Å². The smallest absolute Gasteiger partial charge is 0.120 e. The number of hydrogen-bond donors (Lipinski definition) is 1. The molecule has 0 spiro atoms. The Labute approximate surface area is 98.4 Å². The van der Waals surface area contributed by atoms with Crippen LogP contribution in [0.2, 0.25) is 0 Å². The fourth-order valence-electron chi connectivity index (χ4n) is 2.60. The third-order valence-corrected chi connectivity index (χ3v) is 3.69. The van der Waals surface area contributed by atoms with Crippen molar-refractivity contribution in [1.29, 1.82) is 0 Å². The highest BCUT2D eigenvalue weighted by Crippen LogP contribution is 2.28. The lowest BCUT2D eigenvalue weighted by Gasteiger charge is -2.08. The molecule has 90 valence electrons. The van der Waals surface area contributed by atoms with Crippen LogP contribution in [0.4, 0.5) is 0 Å². The molecule has 0 saturated heterocycles. The molecule has 1 aromatic heterocycles. The van der Waals surface area contributed by atoms with Crippen molar-refractivity contribution in [2.75, 3.05) is 6.54 Å². The molecule has 0 radical (unpaired) electrons. The highest BCUT2D eigenvalue weighted by atomic mass is 16.3. The molecule has 1 saturated carbocycles. The van der Waals surface area contributed by atoms with Crippen molar-refractivity contribution < 1.29 is 4.42 Å². The van der Waals surface area contributed by atoms with E-state index in [0.717, 1.165) is 24.8 Å². The van der Waals surface area contributed by atoms with Crippen LogP contribution in [0.25, 0.3) is 0 Å². The summed E-state index contributed by atoms with van der Waals surface area (Å²) in [6, 6.07) is 2.02. The maximum atomic E-state index is 5.38. The quantitative estimate of drug-likeness (QED) is 0.742. The molecule has 0 amide bonds. The van der Waals surface area contributed by atoms with E-state index in [-0.39, 0.29) is 0 Å². The molecule has 0 aliphatic heterocycles. The standard InChI is InChI=1S/C14H23NO/c1-12-8-10-16-14(12)11-15-9-4-7-13-5-2-3-6-13/h8,10,13,15H,2-7,9,11H2,1H3. The van der Waals surface area contributed by atoms with Crippen molar-refractivity contribution in [1.82, 2.24) is 5.32 Å². The third-order valence-electron chi connectivity index (χ3n) is 3.69. The van der Waals surface area contributed by atoms with Crippen LogP contribution in [0.1, 0.15) is 49.8 Å². The van der Waals surface area contributed by atoms with E-state index in [0.29, 0.717) is 0 Å². The molecule has 0 bridgehead atoms. The van der Waals surface area contributed by atoms with Gasteiger partial charge >= 0.3 is 0 Å². The van der Waals surface area contributed by atoms with Gasteiger partial charge < -0.3 is 9.73 Å². The van der Waals surface area contributed by atoms with Gasteiger partial charge in [-0.25, -0.2) is 0 Å². The average molecular weight is 221 g/mol. The number of rotatable bonds is 6. The normalized spacial score (nSPS) is 17.1. The van der Waals surface area contributed by atoms with Crippen LogP contribution in [0.15, 0.2) is 16.7 Å². The van der Waals surface area contributed by atoms with E-state index in [1.807, 2.05) is 6.07 Å². The first-order valence-corrected chi connectivity index (χ1v) is 6.60. The van der Waals surface area contributed by atoms with Crippen LogP contribution in [0.3, 0.4) is 0 Å². The Morgan fingerprint density at radius 1 is 1.38 bits per heavy atom. The second-order valence-electron chi connectivity index (χ2n) is 5.00. The van der Waals surface area contributed by atoms with Gasteiger partial charge in [0.15, 0.2) is 0 Å². The second-order valence-corrected chi connectivity index (χ2v) is 5.00. The molecule has 1 aromatic rings. The molecule has 1 heterocycles. The van der Waals surface area contributed by atoms with Gasteiger partial charge in [0.1, 0.15) is 5.76 Å². The zero-order valence-electron chi connectivity index (χ0n) is 10.3. The third kappa shape index (κ3) is 3.38. The van der Waals surface area contributed by atoms with Crippen LogP contribution < -0.4 is 5.32 Å². The maximum absolute atomic E-state index is 5.38. The Balaban J connectivity index is 1.53. The molecular weight excluding hydrogens is 198 g/mol. The van der Waals surface area contributed by atoms with Crippen LogP contribution in [0, 0.1) is 12.8 Å². The van der Waals surface area contributed by atoms with Gasteiger partial charge in [-0.2, -0.15) is 0 Å². The number of hydrogen-bond acceptors (Lipinski definition) is 2. The molecule has 0 atom stereocenters. The number of aryl methyl sites for hydroxylation is 1. The summed E-state index contributed by atoms with van der Waals surface area (Å²) in [7, 11) is 0. The minimum Gasteiger partial charge on any atom is -0.468 e. The lowest BCUT2D eigenvalue weighted by Crippen LogP contribution is -2.15. The monoisotopic (exact) mass is 221 g/mol. The van der Waals surface area contributed by atoms with Crippen molar-refractivity contribution in [3.05, 3.63) is 23.7 Å². The molecule has 0 unspecified atom stereocenters. The maximum Gasteiger partial charge on any atom is 0.120 e. The highest BCUT2D eigenvalue weighted by molar-refractivity contribution is 5.13. The summed E-state index contributed by atoms with van der Waals surface area (Å²) in [5.74, 6) is 2.10. The number of nitrogens with one attached hydrogen (secondary N) is 1. The average Bonchev–Trinajstić information content (AvgIpc) is 2.90. The Hall–Kier alpha value is -0.760. The van der Waals surface area contributed by atoms with E-state index in [1.165, 1.54) is 44.1 Å². The van der Waals surface area contributed by atoms with Gasteiger partial charge in [-0.1, -0.05) is 25.7 Å². The first kappa shape index (κ1) is 11.7. The van der Waals surface area contributed by atoms with E-state index in [9.17, 15) is 0 Å². The Morgan fingerprint density at radius 3 is 2.88 bits per heavy atom. The number of furan rings is 1. The van der Waals surface area contributed by atoms with E-state index in [2.05, 4.69) is 12.2 Å². The largest absolute Gasteiger partial charge is 0.468 e. The summed E-state index contributed by atoms with van der Waals surface area (Å²) in [4.78, 5) is 0. The molecule has 2 heteroatoms. The van der Waals surface area contributed by atoms with Crippen molar-refractivity contribution in [2.24, 2.45) is 5.92 Å². The van der Waals surface area contributed by atoms with Crippen molar-refractivity contribution in [3.63, 3.8) is 0 Å². The van der Waals surface area contributed by atoms with Crippen LogP contribution in [-0.4, -0.2) is 6.54 Å². The minimum absolute atomic E-state index is 0.878. The predicted molar refractivity (Wildman–Crippen MR) is 66.3 cm³/mol. The summed E-state index contributed by atoms with van der Waals surface area (Å²) in [6.45, 7) is 4.10. The SMILES string of the molecule is Cc1ccoc1CNCCCC1CCCC1. The van der Waals surface area contributed by atoms with Gasteiger partial charge in [-0.15, -0.1) is 0 Å². The van der Waals surface area contributed by atoms with Crippen LogP contribution in [-0.2, 0) is 6.54 Å². The van der Waals surface area contributed by atoms with Gasteiger partial charge in [0.05, 0.1) is 12.8 Å².